The van der Waals surface area contributed by atoms with E-state index in [-0.39, 0.29) is 16.9 Å². The second-order valence-electron chi connectivity index (χ2n) is 7.06. The van der Waals surface area contributed by atoms with Gasteiger partial charge in [0, 0.05) is 22.3 Å². The number of anilines is 2. The highest BCUT2D eigenvalue weighted by molar-refractivity contribution is 9.10. The third-order valence-electron chi connectivity index (χ3n) is 4.11. The van der Waals surface area contributed by atoms with Crippen LogP contribution in [0.4, 0.5) is 11.4 Å². The van der Waals surface area contributed by atoms with Gasteiger partial charge in [-0.25, -0.2) is 0 Å². The molecule has 3 N–H and O–H groups in total. The lowest BCUT2D eigenvalue weighted by Gasteiger charge is -2.14. The standard InChI is InChI=1S/C22H26BrN3O3S/c1-4-20(27)24-16-6-8-17(9-7-16)25-22(30)26-21(28)18-13-15(23)5-10-19(18)29-12-11-14(2)3/h5-10,13-14H,4,11-12H2,1-3H3,(H,24,27)(H2,25,26,28,30). The molecule has 0 saturated heterocycles. The normalized spacial score (nSPS) is 10.4. The molecule has 0 radical (unpaired) electrons. The number of benzene rings is 2. The van der Waals surface area contributed by atoms with Gasteiger partial charge in [-0.05, 0) is 67.0 Å². The summed E-state index contributed by atoms with van der Waals surface area (Å²) in [4.78, 5) is 24.2. The van der Waals surface area contributed by atoms with Crippen LogP contribution in [0.3, 0.4) is 0 Å². The number of amides is 2. The largest absolute Gasteiger partial charge is 0.493 e. The first-order chi connectivity index (χ1) is 14.3. The number of halogens is 1. The minimum atomic E-state index is -0.361. The van der Waals surface area contributed by atoms with Crippen molar-refractivity contribution < 1.29 is 14.3 Å². The number of carbonyl (C=O) groups is 2. The predicted octanol–water partition coefficient (Wildman–Crippen LogP) is 5.35. The van der Waals surface area contributed by atoms with Crippen LogP contribution >= 0.6 is 28.1 Å². The Bertz CT molecular complexity index is 901. The molecule has 2 aromatic rings. The third-order valence-corrected chi connectivity index (χ3v) is 4.81. The summed E-state index contributed by atoms with van der Waals surface area (Å²) in [6.07, 6.45) is 1.31. The summed E-state index contributed by atoms with van der Waals surface area (Å²) >= 11 is 8.66. The van der Waals surface area contributed by atoms with Crippen LogP contribution in [0.15, 0.2) is 46.9 Å². The third kappa shape index (κ3) is 7.76. The van der Waals surface area contributed by atoms with Crippen molar-refractivity contribution in [2.24, 2.45) is 5.92 Å². The molecule has 30 heavy (non-hydrogen) atoms. The molecule has 0 saturated carbocycles. The van der Waals surface area contributed by atoms with Crippen molar-refractivity contribution in [3.8, 4) is 5.75 Å². The first-order valence-electron chi connectivity index (χ1n) is 9.73. The average molecular weight is 492 g/mol. The fraction of sp³-hybridized carbons (Fsp3) is 0.318. The van der Waals surface area contributed by atoms with Crippen molar-refractivity contribution in [3.05, 3.63) is 52.5 Å². The lowest BCUT2D eigenvalue weighted by molar-refractivity contribution is -0.115. The van der Waals surface area contributed by atoms with E-state index in [1.165, 1.54) is 0 Å². The highest BCUT2D eigenvalue weighted by Crippen LogP contribution is 2.24. The molecule has 160 valence electrons. The second kappa shape index (κ2) is 11.7. The molecule has 2 aromatic carbocycles. The maximum atomic E-state index is 12.7. The summed E-state index contributed by atoms with van der Waals surface area (Å²) in [7, 11) is 0. The quantitative estimate of drug-likeness (QED) is 0.433. The van der Waals surface area contributed by atoms with E-state index >= 15 is 0 Å². The lowest BCUT2D eigenvalue weighted by atomic mass is 10.1. The smallest absolute Gasteiger partial charge is 0.261 e. The van der Waals surface area contributed by atoms with E-state index in [0.717, 1.165) is 10.9 Å². The first-order valence-corrected chi connectivity index (χ1v) is 10.9. The average Bonchev–Trinajstić information content (AvgIpc) is 2.70. The molecule has 2 amide bonds. The van der Waals surface area contributed by atoms with Gasteiger partial charge in [0.1, 0.15) is 5.75 Å². The number of hydrogen-bond donors (Lipinski definition) is 3. The van der Waals surface area contributed by atoms with Gasteiger partial charge in [0.25, 0.3) is 5.91 Å². The van der Waals surface area contributed by atoms with Crippen LogP contribution in [0.5, 0.6) is 5.75 Å². The Morgan fingerprint density at radius 1 is 1.07 bits per heavy atom. The van der Waals surface area contributed by atoms with Crippen LogP contribution in [0.2, 0.25) is 0 Å². The number of nitrogens with one attached hydrogen (secondary N) is 3. The topological polar surface area (TPSA) is 79.5 Å². The predicted molar refractivity (Wildman–Crippen MR) is 128 cm³/mol. The van der Waals surface area contributed by atoms with Gasteiger partial charge in [0.2, 0.25) is 5.91 Å². The van der Waals surface area contributed by atoms with Gasteiger partial charge in [0.15, 0.2) is 5.11 Å². The van der Waals surface area contributed by atoms with E-state index in [1.54, 1.807) is 43.3 Å². The molecule has 0 aliphatic carbocycles. The lowest BCUT2D eigenvalue weighted by Crippen LogP contribution is -2.34. The molecule has 0 aromatic heterocycles. The fourth-order valence-corrected chi connectivity index (χ4v) is 3.00. The summed E-state index contributed by atoms with van der Waals surface area (Å²) in [5.74, 6) is 0.602. The van der Waals surface area contributed by atoms with E-state index in [4.69, 9.17) is 17.0 Å². The molecule has 0 unspecified atom stereocenters. The van der Waals surface area contributed by atoms with Crippen molar-refractivity contribution in [2.75, 3.05) is 17.2 Å². The van der Waals surface area contributed by atoms with Crippen molar-refractivity contribution in [2.45, 2.75) is 33.6 Å². The van der Waals surface area contributed by atoms with Crippen molar-refractivity contribution in [1.82, 2.24) is 5.32 Å². The maximum Gasteiger partial charge on any atom is 0.261 e. The monoisotopic (exact) mass is 491 g/mol. The molecule has 6 nitrogen and oxygen atoms in total. The van der Waals surface area contributed by atoms with Crippen LogP contribution in [-0.4, -0.2) is 23.5 Å². The fourth-order valence-electron chi connectivity index (χ4n) is 2.43. The summed E-state index contributed by atoms with van der Waals surface area (Å²) in [5, 5.41) is 8.58. The molecule has 0 atom stereocenters. The molecule has 0 aliphatic heterocycles. The molecule has 0 fully saturated rings. The molecular formula is C22H26BrN3O3S. The summed E-state index contributed by atoms with van der Waals surface area (Å²) in [6.45, 7) is 6.56. The van der Waals surface area contributed by atoms with Crippen LogP contribution < -0.4 is 20.7 Å². The number of thiocarbonyl (C=S) groups is 1. The van der Waals surface area contributed by atoms with E-state index in [2.05, 4.69) is 45.7 Å². The Balaban J connectivity index is 1.99. The summed E-state index contributed by atoms with van der Waals surface area (Å²) < 4.78 is 6.57. The van der Waals surface area contributed by atoms with E-state index in [1.807, 2.05) is 6.07 Å². The molecule has 0 aliphatic rings. The Kier molecular flexibility index (Phi) is 9.26. The maximum absolute atomic E-state index is 12.7. The van der Waals surface area contributed by atoms with Gasteiger partial charge in [-0.15, -0.1) is 0 Å². The van der Waals surface area contributed by atoms with Crippen molar-refractivity contribution in [3.63, 3.8) is 0 Å². The second-order valence-corrected chi connectivity index (χ2v) is 8.38. The highest BCUT2D eigenvalue weighted by atomic mass is 79.9. The molecule has 0 heterocycles. The highest BCUT2D eigenvalue weighted by Gasteiger charge is 2.15. The number of hydrogen-bond acceptors (Lipinski definition) is 4. The minimum Gasteiger partial charge on any atom is -0.493 e. The molecule has 2 rings (SSSR count). The zero-order valence-electron chi connectivity index (χ0n) is 17.3. The van der Waals surface area contributed by atoms with E-state index < -0.39 is 0 Å². The zero-order valence-corrected chi connectivity index (χ0v) is 19.7. The first kappa shape index (κ1) is 23.8. The van der Waals surface area contributed by atoms with E-state index in [0.29, 0.717) is 41.6 Å². The van der Waals surface area contributed by atoms with Crippen LogP contribution in [-0.2, 0) is 4.79 Å². The zero-order chi connectivity index (χ0) is 22.1. The Morgan fingerprint density at radius 3 is 2.30 bits per heavy atom. The molecule has 0 spiro atoms. The SMILES string of the molecule is CCC(=O)Nc1ccc(NC(=S)NC(=O)c2cc(Br)ccc2OCCC(C)C)cc1. The van der Waals surface area contributed by atoms with Gasteiger partial charge < -0.3 is 15.4 Å². The molecule has 8 heteroatoms. The van der Waals surface area contributed by atoms with Gasteiger partial charge >= 0.3 is 0 Å². The van der Waals surface area contributed by atoms with E-state index in [9.17, 15) is 9.59 Å². The summed E-state index contributed by atoms with van der Waals surface area (Å²) in [6, 6.07) is 12.3. The van der Waals surface area contributed by atoms with Gasteiger partial charge in [-0.1, -0.05) is 36.7 Å². The number of carbonyl (C=O) groups excluding carboxylic acids is 2. The minimum absolute atomic E-state index is 0.0565. The van der Waals surface area contributed by atoms with Crippen molar-refractivity contribution >= 4 is 56.4 Å². The van der Waals surface area contributed by atoms with Crippen LogP contribution in [0.1, 0.15) is 44.0 Å². The summed E-state index contributed by atoms with van der Waals surface area (Å²) in [5.41, 5.74) is 1.78. The van der Waals surface area contributed by atoms with Gasteiger partial charge in [-0.2, -0.15) is 0 Å². The number of ether oxygens (including phenoxy) is 1. The van der Waals surface area contributed by atoms with Crippen LogP contribution in [0, 0.1) is 5.92 Å². The van der Waals surface area contributed by atoms with Gasteiger partial charge in [-0.3, -0.25) is 14.9 Å². The molecule has 0 bridgehead atoms. The molecular weight excluding hydrogens is 466 g/mol. The van der Waals surface area contributed by atoms with Crippen molar-refractivity contribution in [1.29, 1.82) is 0 Å². The number of rotatable bonds is 8. The van der Waals surface area contributed by atoms with Gasteiger partial charge in [0.05, 0.1) is 12.2 Å². The Hall–Kier alpha value is -2.45. The van der Waals surface area contributed by atoms with Crippen LogP contribution in [0.25, 0.3) is 0 Å². The Labute approximate surface area is 190 Å². The Morgan fingerprint density at radius 2 is 1.70 bits per heavy atom.